The Kier molecular flexibility index (Phi) is 11.1. The third-order valence-electron chi connectivity index (χ3n) is 3.00. The fraction of sp³-hybridized carbons (Fsp3) is 0.929. The van der Waals surface area contributed by atoms with Gasteiger partial charge in [0.25, 0.3) is 0 Å². The van der Waals surface area contributed by atoms with Gasteiger partial charge in [-0.3, -0.25) is 0 Å². The topological polar surface area (TPSA) is 0 Å². The molecule has 0 heterocycles. The maximum atomic E-state index is 3.87. The number of rotatable bonds is 10. The van der Waals surface area contributed by atoms with Gasteiger partial charge in [0.15, 0.2) is 0 Å². The Balaban J connectivity index is 3.06. The Morgan fingerprint density at radius 1 is 0.857 bits per heavy atom. The molecule has 0 nitrogen and oxygen atoms in total. The zero-order valence-corrected chi connectivity index (χ0v) is 10.4. The van der Waals surface area contributed by atoms with E-state index in [2.05, 4.69) is 20.8 Å². The zero-order valence-electron chi connectivity index (χ0n) is 10.4. The highest BCUT2D eigenvalue weighted by Crippen LogP contribution is 2.17. The molecule has 0 heteroatoms. The van der Waals surface area contributed by atoms with Crippen molar-refractivity contribution in [2.45, 2.75) is 78.1 Å². The molecule has 0 bridgehead atoms. The van der Waals surface area contributed by atoms with Gasteiger partial charge in [-0.1, -0.05) is 85.0 Å². The molecular weight excluding hydrogens is 168 g/mol. The van der Waals surface area contributed by atoms with Crippen molar-refractivity contribution in [1.82, 2.24) is 0 Å². The maximum Gasteiger partial charge on any atom is -0.0443 e. The molecule has 1 atom stereocenters. The first-order valence-corrected chi connectivity index (χ1v) is 6.60. The van der Waals surface area contributed by atoms with Crippen LogP contribution in [-0.2, 0) is 0 Å². The molecule has 0 aromatic heterocycles. The van der Waals surface area contributed by atoms with Gasteiger partial charge in [0, 0.05) is 0 Å². The smallest absolute Gasteiger partial charge is 0.0443 e. The van der Waals surface area contributed by atoms with E-state index in [1.54, 1.807) is 0 Å². The summed E-state index contributed by atoms with van der Waals surface area (Å²) in [6.07, 6.45) is 13.8. The van der Waals surface area contributed by atoms with Gasteiger partial charge >= 0.3 is 0 Å². The lowest BCUT2D eigenvalue weighted by Crippen LogP contribution is -1.94. The van der Waals surface area contributed by atoms with E-state index in [9.17, 15) is 0 Å². The zero-order chi connectivity index (χ0) is 10.6. The SMILES string of the molecule is [CH2]CCCCCCC(C)CCCCC. The van der Waals surface area contributed by atoms with Crippen LogP contribution in [0.3, 0.4) is 0 Å². The van der Waals surface area contributed by atoms with Gasteiger partial charge in [-0.15, -0.1) is 0 Å². The van der Waals surface area contributed by atoms with E-state index in [1.807, 2.05) is 0 Å². The minimum Gasteiger partial charge on any atom is -0.0654 e. The monoisotopic (exact) mass is 197 g/mol. The fourth-order valence-electron chi connectivity index (χ4n) is 1.91. The Morgan fingerprint density at radius 2 is 1.43 bits per heavy atom. The summed E-state index contributed by atoms with van der Waals surface area (Å²) in [4.78, 5) is 0. The Labute approximate surface area is 91.5 Å². The Morgan fingerprint density at radius 3 is 2.00 bits per heavy atom. The summed E-state index contributed by atoms with van der Waals surface area (Å²) < 4.78 is 0. The standard InChI is InChI=1S/C14H29/c1-4-6-8-9-11-13-14(3)12-10-7-5-2/h14H,1,4-13H2,2-3H3. The molecule has 0 spiro atoms. The first kappa shape index (κ1) is 14.0. The van der Waals surface area contributed by atoms with E-state index >= 15 is 0 Å². The number of hydrogen-bond donors (Lipinski definition) is 0. The third kappa shape index (κ3) is 10.1. The van der Waals surface area contributed by atoms with Crippen LogP contribution in [-0.4, -0.2) is 0 Å². The predicted molar refractivity (Wildman–Crippen MR) is 66.4 cm³/mol. The predicted octanol–water partition coefficient (Wildman–Crippen LogP) is 5.38. The summed E-state index contributed by atoms with van der Waals surface area (Å²) in [5, 5.41) is 0. The quantitative estimate of drug-likeness (QED) is 0.413. The minimum atomic E-state index is 0.960. The van der Waals surface area contributed by atoms with Crippen LogP contribution in [0.15, 0.2) is 0 Å². The molecule has 0 N–H and O–H groups in total. The van der Waals surface area contributed by atoms with Crippen molar-refractivity contribution >= 4 is 0 Å². The van der Waals surface area contributed by atoms with Crippen LogP contribution in [0.2, 0.25) is 0 Å². The van der Waals surface area contributed by atoms with Crippen LogP contribution in [0.1, 0.15) is 78.1 Å². The molecule has 1 radical (unpaired) electrons. The molecule has 0 fully saturated rings. The average molecular weight is 197 g/mol. The number of unbranched alkanes of at least 4 members (excludes halogenated alkanes) is 6. The molecule has 14 heavy (non-hydrogen) atoms. The molecule has 0 saturated heterocycles. The molecule has 85 valence electrons. The van der Waals surface area contributed by atoms with Crippen LogP contribution in [0, 0.1) is 12.8 Å². The van der Waals surface area contributed by atoms with Crippen molar-refractivity contribution in [3.05, 3.63) is 6.92 Å². The molecule has 0 aliphatic heterocycles. The van der Waals surface area contributed by atoms with Crippen molar-refractivity contribution in [2.75, 3.05) is 0 Å². The van der Waals surface area contributed by atoms with Gasteiger partial charge in [-0.2, -0.15) is 0 Å². The second-order valence-electron chi connectivity index (χ2n) is 4.66. The van der Waals surface area contributed by atoms with Crippen molar-refractivity contribution in [3.8, 4) is 0 Å². The third-order valence-corrected chi connectivity index (χ3v) is 3.00. The summed E-state index contributed by atoms with van der Waals surface area (Å²) in [5.74, 6) is 0.960. The average Bonchev–Trinajstić information content (AvgIpc) is 2.18. The fourth-order valence-corrected chi connectivity index (χ4v) is 1.91. The summed E-state index contributed by atoms with van der Waals surface area (Å²) in [6.45, 7) is 8.56. The second-order valence-corrected chi connectivity index (χ2v) is 4.66. The van der Waals surface area contributed by atoms with Crippen molar-refractivity contribution in [3.63, 3.8) is 0 Å². The summed E-state index contributed by atoms with van der Waals surface area (Å²) >= 11 is 0. The van der Waals surface area contributed by atoms with Crippen molar-refractivity contribution in [2.24, 2.45) is 5.92 Å². The van der Waals surface area contributed by atoms with Crippen LogP contribution in [0.4, 0.5) is 0 Å². The van der Waals surface area contributed by atoms with Crippen LogP contribution < -0.4 is 0 Å². The van der Waals surface area contributed by atoms with Gasteiger partial charge in [0.1, 0.15) is 0 Å². The van der Waals surface area contributed by atoms with Gasteiger partial charge in [0.05, 0.1) is 0 Å². The van der Waals surface area contributed by atoms with Crippen LogP contribution in [0.5, 0.6) is 0 Å². The van der Waals surface area contributed by atoms with E-state index in [1.165, 1.54) is 57.8 Å². The highest BCUT2D eigenvalue weighted by atomic mass is 14.1. The lowest BCUT2D eigenvalue weighted by molar-refractivity contribution is 0.438. The molecule has 0 aliphatic carbocycles. The van der Waals surface area contributed by atoms with Gasteiger partial charge in [0.2, 0.25) is 0 Å². The van der Waals surface area contributed by atoms with Crippen LogP contribution >= 0.6 is 0 Å². The first-order valence-electron chi connectivity index (χ1n) is 6.60. The summed E-state index contributed by atoms with van der Waals surface area (Å²) in [5.41, 5.74) is 0. The molecular formula is C14H29. The lowest BCUT2D eigenvalue weighted by atomic mass is 9.96. The first-order chi connectivity index (χ1) is 6.81. The van der Waals surface area contributed by atoms with E-state index in [0.717, 1.165) is 12.3 Å². The Bertz CT molecular complexity index is 96.2. The number of hydrogen-bond acceptors (Lipinski definition) is 0. The van der Waals surface area contributed by atoms with Gasteiger partial charge in [-0.05, 0) is 5.92 Å². The normalized spacial score (nSPS) is 13.1. The highest BCUT2D eigenvalue weighted by Gasteiger charge is 2.00. The van der Waals surface area contributed by atoms with Crippen molar-refractivity contribution < 1.29 is 0 Å². The van der Waals surface area contributed by atoms with E-state index < -0.39 is 0 Å². The second kappa shape index (κ2) is 11.1. The Hall–Kier alpha value is 0. The van der Waals surface area contributed by atoms with E-state index in [4.69, 9.17) is 0 Å². The maximum absolute atomic E-state index is 3.87. The minimum absolute atomic E-state index is 0.960. The van der Waals surface area contributed by atoms with Crippen LogP contribution in [0.25, 0.3) is 0 Å². The highest BCUT2D eigenvalue weighted by molar-refractivity contribution is 4.55. The molecule has 0 rings (SSSR count). The largest absolute Gasteiger partial charge is 0.0654 e. The van der Waals surface area contributed by atoms with Gasteiger partial charge in [-0.25, -0.2) is 0 Å². The molecule has 0 saturated carbocycles. The van der Waals surface area contributed by atoms with Crippen molar-refractivity contribution in [1.29, 1.82) is 0 Å². The van der Waals surface area contributed by atoms with Gasteiger partial charge < -0.3 is 0 Å². The van der Waals surface area contributed by atoms with E-state index in [0.29, 0.717) is 0 Å². The molecule has 0 aromatic rings. The molecule has 0 aliphatic rings. The van der Waals surface area contributed by atoms with E-state index in [-0.39, 0.29) is 0 Å². The molecule has 0 aromatic carbocycles. The summed E-state index contributed by atoms with van der Waals surface area (Å²) in [7, 11) is 0. The lowest BCUT2D eigenvalue weighted by Gasteiger charge is -2.10. The molecule has 0 amide bonds. The summed E-state index contributed by atoms with van der Waals surface area (Å²) in [6, 6.07) is 0. The molecule has 1 unspecified atom stereocenters.